The second-order valence-electron chi connectivity index (χ2n) is 8.44. The SMILES string of the molecule is CC(C)(C)c1ccc(C(=O)Nc2cc(-c3cccc(CC#N)c3)n3nccc3n2)cc1. The molecule has 2 heterocycles. The number of nitrogens with one attached hydrogen (secondary N) is 1. The second-order valence-corrected chi connectivity index (χ2v) is 8.44. The van der Waals surface area contributed by atoms with Crippen LogP contribution in [-0.4, -0.2) is 20.5 Å². The Labute approximate surface area is 181 Å². The van der Waals surface area contributed by atoms with Crippen LogP contribution in [0.15, 0.2) is 66.9 Å². The van der Waals surface area contributed by atoms with E-state index in [0.29, 0.717) is 23.4 Å². The quantitative estimate of drug-likeness (QED) is 0.513. The first kappa shape index (κ1) is 20.3. The van der Waals surface area contributed by atoms with E-state index in [9.17, 15) is 4.79 Å². The predicted molar refractivity (Wildman–Crippen MR) is 121 cm³/mol. The summed E-state index contributed by atoms with van der Waals surface area (Å²) in [4.78, 5) is 17.3. The molecule has 0 aliphatic rings. The number of benzene rings is 2. The van der Waals surface area contributed by atoms with Crippen molar-refractivity contribution >= 4 is 17.4 Å². The summed E-state index contributed by atoms with van der Waals surface area (Å²) in [5.41, 5.74) is 4.99. The Morgan fingerprint density at radius 2 is 1.87 bits per heavy atom. The Balaban J connectivity index is 1.67. The van der Waals surface area contributed by atoms with Crippen LogP contribution >= 0.6 is 0 Å². The molecule has 31 heavy (non-hydrogen) atoms. The summed E-state index contributed by atoms with van der Waals surface area (Å²) < 4.78 is 1.72. The van der Waals surface area contributed by atoms with E-state index in [2.05, 4.69) is 42.2 Å². The monoisotopic (exact) mass is 409 g/mol. The summed E-state index contributed by atoms with van der Waals surface area (Å²) in [6.45, 7) is 6.42. The Kier molecular flexibility index (Phi) is 5.26. The maximum atomic E-state index is 12.8. The number of carbonyl (C=O) groups is 1. The maximum absolute atomic E-state index is 12.8. The zero-order valence-corrected chi connectivity index (χ0v) is 17.8. The first-order valence-corrected chi connectivity index (χ1v) is 10.1. The Morgan fingerprint density at radius 3 is 2.58 bits per heavy atom. The highest BCUT2D eigenvalue weighted by atomic mass is 16.1. The minimum absolute atomic E-state index is 0.0264. The number of carbonyl (C=O) groups excluding carboxylic acids is 1. The van der Waals surface area contributed by atoms with Crippen LogP contribution in [0.2, 0.25) is 0 Å². The molecule has 0 aliphatic heterocycles. The fourth-order valence-electron chi connectivity index (χ4n) is 3.42. The molecule has 2 aromatic heterocycles. The zero-order chi connectivity index (χ0) is 22.0. The normalized spacial score (nSPS) is 11.3. The highest BCUT2D eigenvalue weighted by molar-refractivity contribution is 6.04. The van der Waals surface area contributed by atoms with Gasteiger partial charge in [-0.05, 0) is 34.7 Å². The van der Waals surface area contributed by atoms with Gasteiger partial charge in [0.05, 0.1) is 24.4 Å². The summed E-state index contributed by atoms with van der Waals surface area (Å²) in [5.74, 6) is 0.222. The van der Waals surface area contributed by atoms with Gasteiger partial charge in [-0.2, -0.15) is 10.4 Å². The lowest BCUT2D eigenvalue weighted by Crippen LogP contribution is -2.15. The summed E-state index contributed by atoms with van der Waals surface area (Å²) in [5, 5.41) is 16.3. The molecule has 0 atom stereocenters. The number of nitrogens with zero attached hydrogens (tertiary/aromatic N) is 4. The fourth-order valence-corrected chi connectivity index (χ4v) is 3.42. The van der Waals surface area contributed by atoms with Crippen molar-refractivity contribution in [2.45, 2.75) is 32.6 Å². The molecule has 154 valence electrons. The molecule has 0 bridgehead atoms. The predicted octanol–water partition coefficient (Wildman–Crippen LogP) is 5.01. The highest BCUT2D eigenvalue weighted by Crippen LogP contribution is 2.25. The summed E-state index contributed by atoms with van der Waals surface area (Å²) in [6, 6.07) is 21.1. The molecule has 4 rings (SSSR count). The molecule has 1 N–H and O–H groups in total. The molecule has 0 saturated heterocycles. The largest absolute Gasteiger partial charge is 0.306 e. The average molecular weight is 409 g/mol. The van der Waals surface area contributed by atoms with Crippen LogP contribution in [0, 0.1) is 11.3 Å². The molecule has 6 nitrogen and oxygen atoms in total. The summed E-state index contributed by atoms with van der Waals surface area (Å²) in [7, 11) is 0. The van der Waals surface area contributed by atoms with E-state index in [1.54, 1.807) is 22.8 Å². The first-order valence-electron chi connectivity index (χ1n) is 10.1. The fraction of sp³-hybridized carbons (Fsp3) is 0.200. The number of hydrogen-bond acceptors (Lipinski definition) is 4. The van der Waals surface area contributed by atoms with E-state index < -0.39 is 0 Å². The number of rotatable bonds is 4. The van der Waals surface area contributed by atoms with E-state index in [0.717, 1.165) is 16.8 Å². The molecule has 0 radical (unpaired) electrons. The van der Waals surface area contributed by atoms with E-state index in [-0.39, 0.29) is 11.3 Å². The number of anilines is 1. The molecular weight excluding hydrogens is 386 g/mol. The molecule has 0 spiro atoms. The summed E-state index contributed by atoms with van der Waals surface area (Å²) >= 11 is 0. The van der Waals surface area contributed by atoms with Crippen molar-refractivity contribution in [2.24, 2.45) is 0 Å². The van der Waals surface area contributed by atoms with Crippen LogP contribution in [0.1, 0.15) is 42.3 Å². The summed E-state index contributed by atoms with van der Waals surface area (Å²) in [6.07, 6.45) is 2.00. The van der Waals surface area contributed by atoms with Gasteiger partial charge < -0.3 is 5.32 Å². The van der Waals surface area contributed by atoms with Crippen LogP contribution in [-0.2, 0) is 11.8 Å². The van der Waals surface area contributed by atoms with Crippen LogP contribution in [0.3, 0.4) is 0 Å². The van der Waals surface area contributed by atoms with Gasteiger partial charge >= 0.3 is 0 Å². The molecule has 0 saturated carbocycles. The molecule has 0 unspecified atom stereocenters. The van der Waals surface area contributed by atoms with E-state index in [4.69, 9.17) is 5.26 Å². The Morgan fingerprint density at radius 1 is 1.10 bits per heavy atom. The Bertz CT molecular complexity index is 1290. The number of fused-ring (bicyclic) bond motifs is 1. The zero-order valence-electron chi connectivity index (χ0n) is 17.8. The molecule has 0 fully saturated rings. The minimum atomic E-state index is -0.221. The molecule has 6 heteroatoms. The van der Waals surface area contributed by atoms with Gasteiger partial charge in [-0.3, -0.25) is 4.79 Å². The van der Waals surface area contributed by atoms with Gasteiger partial charge in [-0.15, -0.1) is 0 Å². The van der Waals surface area contributed by atoms with Crippen LogP contribution in [0.4, 0.5) is 5.82 Å². The lowest BCUT2D eigenvalue weighted by atomic mass is 9.87. The van der Waals surface area contributed by atoms with Crippen molar-refractivity contribution in [2.75, 3.05) is 5.32 Å². The third-order valence-electron chi connectivity index (χ3n) is 5.12. The molecule has 1 amide bonds. The van der Waals surface area contributed by atoms with Crippen LogP contribution < -0.4 is 5.32 Å². The van der Waals surface area contributed by atoms with Crippen molar-refractivity contribution < 1.29 is 4.79 Å². The third-order valence-corrected chi connectivity index (χ3v) is 5.12. The number of nitriles is 1. The average Bonchev–Trinajstić information content (AvgIpc) is 3.22. The van der Waals surface area contributed by atoms with Gasteiger partial charge in [0.1, 0.15) is 5.82 Å². The number of aromatic nitrogens is 3. The third kappa shape index (κ3) is 4.31. The lowest BCUT2D eigenvalue weighted by Gasteiger charge is -2.19. The van der Waals surface area contributed by atoms with Gasteiger partial charge in [0, 0.05) is 23.3 Å². The number of amides is 1. The van der Waals surface area contributed by atoms with Crippen molar-refractivity contribution in [3.8, 4) is 17.3 Å². The lowest BCUT2D eigenvalue weighted by molar-refractivity contribution is 0.102. The van der Waals surface area contributed by atoms with Gasteiger partial charge in [-0.1, -0.05) is 51.1 Å². The van der Waals surface area contributed by atoms with E-state index >= 15 is 0 Å². The van der Waals surface area contributed by atoms with Crippen molar-refractivity contribution in [1.29, 1.82) is 5.26 Å². The van der Waals surface area contributed by atoms with Gasteiger partial charge in [0.15, 0.2) is 5.65 Å². The molecule has 4 aromatic rings. The van der Waals surface area contributed by atoms with E-state index in [1.807, 2.05) is 48.5 Å². The molecule has 2 aromatic carbocycles. The first-order chi connectivity index (χ1) is 14.8. The standard InChI is InChI=1S/C25H23N5O/c1-25(2,3)20-9-7-18(8-10-20)24(31)29-22-16-21(30-23(28-22)12-14-27-30)19-6-4-5-17(15-19)11-13-26/h4-10,12,14-16H,11H2,1-3H3,(H,28,29,31). The molecule has 0 aliphatic carbocycles. The van der Waals surface area contributed by atoms with Crippen LogP contribution in [0.25, 0.3) is 16.9 Å². The smallest absolute Gasteiger partial charge is 0.256 e. The topological polar surface area (TPSA) is 83.1 Å². The second kappa shape index (κ2) is 8.04. The van der Waals surface area contributed by atoms with Gasteiger partial charge in [0.25, 0.3) is 5.91 Å². The van der Waals surface area contributed by atoms with E-state index in [1.165, 1.54) is 5.56 Å². The van der Waals surface area contributed by atoms with Crippen LogP contribution in [0.5, 0.6) is 0 Å². The van der Waals surface area contributed by atoms with Gasteiger partial charge in [0.2, 0.25) is 0 Å². The number of hydrogen-bond donors (Lipinski definition) is 1. The van der Waals surface area contributed by atoms with Crippen molar-refractivity contribution in [3.63, 3.8) is 0 Å². The molecular formula is C25H23N5O. The minimum Gasteiger partial charge on any atom is -0.306 e. The Hall–Kier alpha value is -3.98. The van der Waals surface area contributed by atoms with Crippen molar-refractivity contribution in [3.05, 3.63) is 83.6 Å². The highest BCUT2D eigenvalue weighted by Gasteiger charge is 2.16. The maximum Gasteiger partial charge on any atom is 0.256 e. The van der Waals surface area contributed by atoms with Crippen molar-refractivity contribution in [1.82, 2.24) is 14.6 Å². The van der Waals surface area contributed by atoms with Gasteiger partial charge in [-0.25, -0.2) is 9.50 Å².